The van der Waals surface area contributed by atoms with E-state index in [9.17, 15) is 18.0 Å². The fraction of sp³-hybridized carbons (Fsp3) is 0.214. The zero-order chi connectivity index (χ0) is 14.6. The molecule has 20 heavy (non-hydrogen) atoms. The summed E-state index contributed by atoms with van der Waals surface area (Å²) in [5, 5.41) is 2.62. The minimum absolute atomic E-state index is 0.206. The van der Waals surface area contributed by atoms with Gasteiger partial charge in [-0.3, -0.25) is 4.79 Å². The summed E-state index contributed by atoms with van der Waals surface area (Å²) in [7, 11) is 0. The second-order valence-corrected chi connectivity index (χ2v) is 4.18. The van der Waals surface area contributed by atoms with Crippen molar-refractivity contribution in [2.24, 2.45) is 0 Å². The lowest BCUT2D eigenvalue weighted by molar-refractivity contribution is -0.137. The molecule has 1 N–H and O–H groups in total. The average Bonchev–Trinajstić information content (AvgIpc) is 2.92. The van der Waals surface area contributed by atoms with Crippen LogP contribution in [0.5, 0.6) is 0 Å². The molecule has 0 atom stereocenters. The molecule has 6 heteroatoms. The van der Waals surface area contributed by atoms with E-state index in [0.717, 1.165) is 17.7 Å². The first-order valence-electron chi connectivity index (χ1n) is 5.94. The van der Waals surface area contributed by atoms with Gasteiger partial charge in [0.1, 0.15) is 0 Å². The highest BCUT2D eigenvalue weighted by molar-refractivity contribution is 5.91. The van der Waals surface area contributed by atoms with Crippen LogP contribution in [0.3, 0.4) is 0 Å². The Bertz CT molecular complexity index is 559. The van der Waals surface area contributed by atoms with E-state index in [2.05, 4.69) is 5.32 Å². The van der Waals surface area contributed by atoms with Crippen LogP contribution in [-0.2, 0) is 12.6 Å². The van der Waals surface area contributed by atoms with Crippen LogP contribution in [0.15, 0.2) is 47.1 Å². The predicted octanol–water partition coefficient (Wildman–Crippen LogP) is 3.27. The lowest BCUT2D eigenvalue weighted by atomic mass is 10.1. The number of hydrogen-bond donors (Lipinski definition) is 1. The molecule has 2 rings (SSSR count). The molecule has 1 aromatic carbocycles. The number of nitrogens with one attached hydrogen (secondary N) is 1. The highest BCUT2D eigenvalue weighted by atomic mass is 19.4. The van der Waals surface area contributed by atoms with Crippen molar-refractivity contribution in [3.8, 4) is 0 Å². The van der Waals surface area contributed by atoms with E-state index in [4.69, 9.17) is 4.42 Å². The molecule has 0 saturated heterocycles. The third-order valence-corrected chi connectivity index (χ3v) is 2.73. The van der Waals surface area contributed by atoms with Crippen LogP contribution in [0.4, 0.5) is 13.2 Å². The Balaban J connectivity index is 1.84. The second-order valence-electron chi connectivity index (χ2n) is 4.18. The molecule has 3 nitrogen and oxygen atoms in total. The van der Waals surface area contributed by atoms with Gasteiger partial charge < -0.3 is 9.73 Å². The molecule has 0 fully saturated rings. The van der Waals surface area contributed by atoms with Gasteiger partial charge in [0.2, 0.25) is 0 Å². The first-order valence-corrected chi connectivity index (χ1v) is 5.94. The van der Waals surface area contributed by atoms with Crippen LogP contribution in [0.25, 0.3) is 0 Å². The summed E-state index contributed by atoms with van der Waals surface area (Å²) in [4.78, 5) is 11.5. The van der Waals surface area contributed by atoms with Crippen LogP contribution in [0, 0.1) is 0 Å². The highest BCUT2D eigenvalue weighted by Gasteiger charge is 2.29. The maximum Gasteiger partial charge on any atom is 0.416 e. The van der Waals surface area contributed by atoms with Gasteiger partial charge in [0.25, 0.3) is 5.91 Å². The fourth-order valence-electron chi connectivity index (χ4n) is 1.68. The Morgan fingerprint density at radius 1 is 1.15 bits per heavy atom. The molecule has 0 unspecified atom stereocenters. The summed E-state index contributed by atoms with van der Waals surface area (Å²) >= 11 is 0. The topological polar surface area (TPSA) is 42.2 Å². The van der Waals surface area contributed by atoms with E-state index in [0.29, 0.717) is 13.0 Å². The summed E-state index contributed by atoms with van der Waals surface area (Å²) in [5.74, 6) is -0.140. The molecule has 1 aromatic heterocycles. The third kappa shape index (κ3) is 3.63. The van der Waals surface area contributed by atoms with E-state index in [1.54, 1.807) is 6.07 Å². The van der Waals surface area contributed by atoms with E-state index in [1.807, 2.05) is 0 Å². The standard InChI is InChI=1S/C14H12F3NO2/c15-14(16,17)11-5-3-10(4-6-11)7-8-18-13(19)12-2-1-9-20-12/h1-6,9H,7-8H2,(H,18,19). The largest absolute Gasteiger partial charge is 0.459 e. The Morgan fingerprint density at radius 3 is 2.40 bits per heavy atom. The lowest BCUT2D eigenvalue weighted by Crippen LogP contribution is -2.25. The number of furan rings is 1. The molecule has 1 heterocycles. The molecule has 0 aliphatic heterocycles. The lowest BCUT2D eigenvalue weighted by Gasteiger charge is -2.08. The normalized spacial score (nSPS) is 11.3. The maximum atomic E-state index is 12.4. The average molecular weight is 283 g/mol. The summed E-state index contributed by atoms with van der Waals surface area (Å²) in [6.45, 7) is 0.324. The van der Waals surface area contributed by atoms with Crippen molar-refractivity contribution < 1.29 is 22.4 Å². The van der Waals surface area contributed by atoms with Crippen molar-refractivity contribution in [2.45, 2.75) is 12.6 Å². The number of alkyl halides is 3. The van der Waals surface area contributed by atoms with Crippen molar-refractivity contribution in [1.82, 2.24) is 5.32 Å². The van der Waals surface area contributed by atoms with Crippen molar-refractivity contribution >= 4 is 5.91 Å². The minimum atomic E-state index is -4.33. The monoisotopic (exact) mass is 283 g/mol. The summed E-state index contributed by atoms with van der Waals surface area (Å²) in [6, 6.07) is 8.01. The Hall–Kier alpha value is -2.24. The number of hydrogen-bond acceptors (Lipinski definition) is 2. The molecule has 0 spiro atoms. The van der Waals surface area contributed by atoms with Gasteiger partial charge >= 0.3 is 6.18 Å². The molecule has 0 aliphatic rings. The zero-order valence-corrected chi connectivity index (χ0v) is 10.4. The van der Waals surface area contributed by atoms with Crippen molar-refractivity contribution in [2.75, 3.05) is 6.54 Å². The van der Waals surface area contributed by atoms with Gasteiger partial charge in [-0.05, 0) is 36.2 Å². The van der Waals surface area contributed by atoms with Gasteiger partial charge in [0, 0.05) is 6.54 Å². The van der Waals surface area contributed by atoms with E-state index in [1.165, 1.54) is 24.5 Å². The number of carbonyl (C=O) groups excluding carboxylic acids is 1. The predicted molar refractivity (Wildman–Crippen MR) is 66.2 cm³/mol. The Labute approximate surface area is 113 Å². The van der Waals surface area contributed by atoms with Crippen LogP contribution >= 0.6 is 0 Å². The summed E-state index contributed by atoms with van der Waals surface area (Å²) in [5.41, 5.74) is 0.0404. The minimum Gasteiger partial charge on any atom is -0.459 e. The van der Waals surface area contributed by atoms with Gasteiger partial charge in [-0.15, -0.1) is 0 Å². The van der Waals surface area contributed by atoms with Crippen LogP contribution < -0.4 is 5.32 Å². The number of amides is 1. The molecule has 0 aliphatic carbocycles. The fourth-order valence-corrected chi connectivity index (χ4v) is 1.68. The molecule has 0 saturated carbocycles. The maximum absolute atomic E-state index is 12.4. The molecule has 2 aromatic rings. The third-order valence-electron chi connectivity index (χ3n) is 2.73. The quantitative estimate of drug-likeness (QED) is 0.935. The van der Waals surface area contributed by atoms with Crippen molar-refractivity contribution in [1.29, 1.82) is 0 Å². The number of rotatable bonds is 4. The van der Waals surface area contributed by atoms with Gasteiger partial charge in [0.05, 0.1) is 11.8 Å². The molecular formula is C14H12F3NO2. The zero-order valence-electron chi connectivity index (χ0n) is 10.4. The van der Waals surface area contributed by atoms with Crippen molar-refractivity contribution in [3.05, 3.63) is 59.5 Å². The Kier molecular flexibility index (Phi) is 4.12. The van der Waals surface area contributed by atoms with E-state index in [-0.39, 0.29) is 11.7 Å². The summed E-state index contributed by atoms with van der Waals surface area (Å²) in [6.07, 6.45) is -2.48. The van der Waals surface area contributed by atoms with E-state index >= 15 is 0 Å². The molecular weight excluding hydrogens is 271 g/mol. The number of benzene rings is 1. The van der Waals surface area contributed by atoms with Crippen molar-refractivity contribution in [3.63, 3.8) is 0 Å². The van der Waals surface area contributed by atoms with E-state index < -0.39 is 11.7 Å². The van der Waals surface area contributed by atoms with Crippen LogP contribution in [-0.4, -0.2) is 12.5 Å². The molecule has 1 amide bonds. The number of halogens is 3. The van der Waals surface area contributed by atoms with Crippen LogP contribution in [0.2, 0.25) is 0 Å². The Morgan fingerprint density at radius 2 is 1.85 bits per heavy atom. The van der Waals surface area contributed by atoms with Gasteiger partial charge in [-0.2, -0.15) is 13.2 Å². The molecule has 106 valence electrons. The SMILES string of the molecule is O=C(NCCc1ccc(C(F)(F)F)cc1)c1ccco1. The summed E-state index contributed by atoms with van der Waals surface area (Å²) < 4.78 is 42.0. The first kappa shape index (κ1) is 14.2. The van der Waals surface area contributed by atoms with Crippen LogP contribution in [0.1, 0.15) is 21.7 Å². The molecule has 0 bridgehead atoms. The van der Waals surface area contributed by atoms with Gasteiger partial charge in [-0.25, -0.2) is 0 Å². The van der Waals surface area contributed by atoms with Gasteiger partial charge in [-0.1, -0.05) is 12.1 Å². The highest BCUT2D eigenvalue weighted by Crippen LogP contribution is 2.29. The smallest absolute Gasteiger partial charge is 0.416 e. The second kappa shape index (κ2) is 5.81. The number of carbonyl (C=O) groups is 1. The van der Waals surface area contributed by atoms with Gasteiger partial charge in [0.15, 0.2) is 5.76 Å². The molecule has 0 radical (unpaired) electrons. The first-order chi connectivity index (χ1) is 9.47.